The number of rotatable bonds is 2. The normalized spacial score (nSPS) is 25.1. The lowest BCUT2D eigenvalue weighted by Crippen LogP contribution is -2.41. The summed E-state index contributed by atoms with van der Waals surface area (Å²) in [7, 11) is 1.89. The maximum Gasteiger partial charge on any atom is 0.232 e. The number of nitrogens with one attached hydrogen (secondary N) is 1. The number of carbonyl (C=O) groups excluding carboxylic acids is 1. The predicted molar refractivity (Wildman–Crippen MR) is 108 cm³/mol. The van der Waals surface area contributed by atoms with Crippen molar-refractivity contribution in [1.82, 2.24) is 15.1 Å². The molecule has 3 aliphatic rings. The second-order valence-corrected chi connectivity index (χ2v) is 8.36. The third-order valence-corrected chi connectivity index (χ3v) is 6.78. The Balaban J connectivity index is 0.00000192. The Morgan fingerprint density at radius 3 is 2.79 bits per heavy atom. The van der Waals surface area contributed by atoms with Crippen LogP contribution in [0, 0.1) is 11.7 Å². The van der Waals surface area contributed by atoms with Gasteiger partial charge in [-0.1, -0.05) is 18.9 Å². The van der Waals surface area contributed by atoms with Crippen LogP contribution in [0.1, 0.15) is 42.7 Å². The summed E-state index contributed by atoms with van der Waals surface area (Å²) in [6.45, 7) is 2.06. The Morgan fingerprint density at radius 1 is 1.29 bits per heavy atom. The van der Waals surface area contributed by atoms with Gasteiger partial charge in [-0.15, -0.1) is 12.4 Å². The van der Waals surface area contributed by atoms with Crippen LogP contribution in [0.4, 0.5) is 10.1 Å². The van der Waals surface area contributed by atoms with E-state index in [9.17, 15) is 9.18 Å². The molecule has 0 bridgehead atoms. The number of anilines is 1. The molecule has 2 aromatic rings. The molecule has 1 saturated heterocycles. The average molecular weight is 405 g/mol. The van der Waals surface area contributed by atoms with Gasteiger partial charge in [0.2, 0.25) is 5.91 Å². The van der Waals surface area contributed by atoms with Crippen LogP contribution in [0.15, 0.2) is 30.6 Å². The Morgan fingerprint density at radius 2 is 2.07 bits per heavy atom. The lowest BCUT2D eigenvalue weighted by molar-refractivity contribution is -0.122. The average Bonchev–Trinajstić information content (AvgIpc) is 3.43. The topological polar surface area (TPSA) is 50.2 Å². The summed E-state index contributed by atoms with van der Waals surface area (Å²) in [4.78, 5) is 15.5. The standard InChI is InChI=1S/C21H25FN4O.ClH/c1-25-12-14(9-24-25)15-10-23-11-16(15)20(27)26-13-21(7-2-3-8-21)19-17(22)5-4-6-18(19)26;/h4-6,9,12,15-16,23H,2-3,7-8,10-11,13H2,1H3;1H/t15-,16+;/m1./s1. The van der Waals surface area contributed by atoms with E-state index >= 15 is 0 Å². The van der Waals surface area contributed by atoms with E-state index < -0.39 is 0 Å². The molecule has 2 fully saturated rings. The molecule has 0 unspecified atom stereocenters. The first kappa shape index (κ1) is 19.4. The van der Waals surface area contributed by atoms with Crippen LogP contribution >= 0.6 is 12.4 Å². The number of nitrogens with zero attached hydrogens (tertiary/aromatic N) is 3. The molecule has 1 amide bonds. The molecule has 0 radical (unpaired) electrons. The van der Waals surface area contributed by atoms with Crippen molar-refractivity contribution in [2.75, 3.05) is 24.5 Å². The van der Waals surface area contributed by atoms with Gasteiger partial charge in [-0.05, 0) is 30.5 Å². The van der Waals surface area contributed by atoms with Gasteiger partial charge in [0.15, 0.2) is 0 Å². The summed E-state index contributed by atoms with van der Waals surface area (Å²) >= 11 is 0. The second-order valence-electron chi connectivity index (χ2n) is 8.36. The first-order valence-electron chi connectivity index (χ1n) is 9.89. The zero-order chi connectivity index (χ0) is 18.6. The largest absolute Gasteiger partial charge is 0.315 e. The number of hydrogen-bond acceptors (Lipinski definition) is 3. The zero-order valence-electron chi connectivity index (χ0n) is 16.0. The molecule has 1 aromatic carbocycles. The van der Waals surface area contributed by atoms with Gasteiger partial charge in [0, 0.05) is 49.8 Å². The first-order valence-corrected chi connectivity index (χ1v) is 9.89. The van der Waals surface area contributed by atoms with E-state index in [-0.39, 0.29) is 41.4 Å². The Hall–Kier alpha value is -1.92. The molecule has 1 saturated carbocycles. The highest BCUT2D eigenvalue weighted by Crippen LogP contribution is 2.52. The molecule has 5 nitrogen and oxygen atoms in total. The maximum absolute atomic E-state index is 14.8. The highest BCUT2D eigenvalue weighted by atomic mass is 35.5. The molecule has 28 heavy (non-hydrogen) atoms. The lowest BCUT2D eigenvalue weighted by atomic mass is 9.80. The molecule has 5 rings (SSSR count). The van der Waals surface area contributed by atoms with Crippen molar-refractivity contribution in [3.05, 3.63) is 47.5 Å². The molecule has 2 aliphatic heterocycles. The van der Waals surface area contributed by atoms with Crippen molar-refractivity contribution in [2.45, 2.75) is 37.0 Å². The van der Waals surface area contributed by atoms with Gasteiger partial charge < -0.3 is 10.2 Å². The number of aryl methyl sites for hydroxylation is 1. The van der Waals surface area contributed by atoms with E-state index in [1.54, 1.807) is 16.8 Å². The van der Waals surface area contributed by atoms with E-state index in [0.29, 0.717) is 13.1 Å². The highest BCUT2D eigenvalue weighted by Gasteiger charge is 2.50. The van der Waals surface area contributed by atoms with Crippen molar-refractivity contribution in [3.8, 4) is 0 Å². The fourth-order valence-electron chi connectivity index (χ4n) is 5.51. The number of hydrogen-bond donors (Lipinski definition) is 1. The van der Waals surface area contributed by atoms with Gasteiger partial charge in [0.25, 0.3) is 0 Å². The Kier molecular flexibility index (Phi) is 4.96. The summed E-state index contributed by atoms with van der Waals surface area (Å²) in [5, 5.41) is 7.64. The van der Waals surface area contributed by atoms with Gasteiger partial charge in [-0.25, -0.2) is 4.39 Å². The number of halogens is 2. The van der Waals surface area contributed by atoms with Gasteiger partial charge in [-0.2, -0.15) is 5.10 Å². The Bertz CT molecular complexity index is 892. The van der Waals surface area contributed by atoms with Crippen LogP contribution < -0.4 is 10.2 Å². The third kappa shape index (κ3) is 2.85. The minimum Gasteiger partial charge on any atom is -0.315 e. The minimum absolute atomic E-state index is 0. The summed E-state index contributed by atoms with van der Waals surface area (Å²) < 4.78 is 16.6. The fraction of sp³-hybridized carbons (Fsp3) is 0.524. The lowest BCUT2D eigenvalue weighted by Gasteiger charge is -2.27. The zero-order valence-corrected chi connectivity index (χ0v) is 16.8. The van der Waals surface area contributed by atoms with Crippen LogP contribution in [0.5, 0.6) is 0 Å². The van der Waals surface area contributed by atoms with Crippen molar-refractivity contribution in [1.29, 1.82) is 0 Å². The molecule has 3 heterocycles. The van der Waals surface area contributed by atoms with Crippen molar-refractivity contribution >= 4 is 24.0 Å². The molecular formula is C21H26ClFN4O. The third-order valence-electron chi connectivity index (χ3n) is 6.78. The van der Waals surface area contributed by atoms with E-state index in [1.165, 1.54) is 0 Å². The maximum atomic E-state index is 14.8. The molecule has 2 atom stereocenters. The van der Waals surface area contributed by atoms with Gasteiger partial charge in [0.1, 0.15) is 5.82 Å². The summed E-state index contributed by atoms with van der Waals surface area (Å²) in [6, 6.07) is 5.20. The number of carbonyl (C=O) groups is 1. The second kappa shape index (κ2) is 7.16. The van der Waals surface area contributed by atoms with Crippen molar-refractivity contribution in [3.63, 3.8) is 0 Å². The molecule has 1 aromatic heterocycles. The van der Waals surface area contributed by atoms with Crippen molar-refractivity contribution < 1.29 is 9.18 Å². The SMILES string of the molecule is Cl.Cn1cc([C@H]2CNC[C@@H]2C(=O)N2CC3(CCCC3)c3c(F)cccc32)cn1. The van der Waals surface area contributed by atoms with Gasteiger partial charge in [0.05, 0.1) is 17.8 Å². The van der Waals surface area contributed by atoms with Crippen LogP contribution in [-0.4, -0.2) is 35.3 Å². The fourth-order valence-corrected chi connectivity index (χ4v) is 5.51. The molecule has 150 valence electrons. The van der Waals surface area contributed by atoms with Gasteiger partial charge in [-0.3, -0.25) is 9.48 Å². The summed E-state index contributed by atoms with van der Waals surface area (Å²) in [6.07, 6.45) is 8.01. The smallest absolute Gasteiger partial charge is 0.232 e. The predicted octanol–water partition coefficient (Wildman–Crippen LogP) is 3.14. The molecule has 1 N–H and O–H groups in total. The molecule has 1 aliphatic carbocycles. The molecular weight excluding hydrogens is 379 g/mol. The van der Waals surface area contributed by atoms with Crippen LogP contribution in [-0.2, 0) is 17.3 Å². The van der Waals surface area contributed by atoms with E-state index in [2.05, 4.69) is 10.4 Å². The van der Waals surface area contributed by atoms with Crippen LogP contribution in [0.2, 0.25) is 0 Å². The minimum atomic E-state index is -0.188. The Labute approximate surface area is 170 Å². The van der Waals surface area contributed by atoms with E-state index in [1.807, 2.05) is 30.4 Å². The van der Waals surface area contributed by atoms with E-state index in [4.69, 9.17) is 0 Å². The summed E-state index contributed by atoms with van der Waals surface area (Å²) in [5.41, 5.74) is 2.47. The number of benzene rings is 1. The number of fused-ring (bicyclic) bond motifs is 2. The van der Waals surface area contributed by atoms with Crippen molar-refractivity contribution in [2.24, 2.45) is 13.0 Å². The first-order chi connectivity index (χ1) is 13.1. The quantitative estimate of drug-likeness (QED) is 0.836. The van der Waals surface area contributed by atoms with Gasteiger partial charge >= 0.3 is 0 Å². The number of amides is 1. The molecule has 1 spiro atoms. The number of aromatic nitrogens is 2. The van der Waals surface area contributed by atoms with Crippen LogP contribution in [0.3, 0.4) is 0 Å². The van der Waals surface area contributed by atoms with Crippen LogP contribution in [0.25, 0.3) is 0 Å². The molecule has 7 heteroatoms. The summed E-state index contributed by atoms with van der Waals surface area (Å²) in [5.74, 6) is -0.0623. The monoisotopic (exact) mass is 404 g/mol. The highest BCUT2D eigenvalue weighted by molar-refractivity contribution is 5.98. The van der Waals surface area contributed by atoms with E-state index in [0.717, 1.165) is 49.0 Å².